The van der Waals surface area contributed by atoms with E-state index in [-0.39, 0.29) is 0 Å². The van der Waals surface area contributed by atoms with Crippen LogP contribution in [-0.4, -0.2) is 11.5 Å². The number of anilines is 1. The van der Waals surface area contributed by atoms with Crippen molar-refractivity contribution < 1.29 is 4.42 Å². The number of rotatable bonds is 0. The van der Waals surface area contributed by atoms with Gasteiger partial charge in [-0.25, -0.2) is 0 Å². The predicted octanol–water partition coefficient (Wildman–Crippen LogP) is 1.34. The molecular weight excluding hydrogens is 128 g/mol. The van der Waals surface area contributed by atoms with Crippen molar-refractivity contribution in [2.24, 2.45) is 0 Å². The molecule has 0 radical (unpaired) electrons. The van der Waals surface area contributed by atoms with Gasteiger partial charge in [0.1, 0.15) is 5.76 Å². The zero-order valence-electron chi connectivity index (χ0n) is 5.98. The Labute approximate surface area is 59.4 Å². The van der Waals surface area contributed by atoms with E-state index in [1.165, 1.54) is 0 Å². The first-order valence-electron chi connectivity index (χ1n) is 3.56. The van der Waals surface area contributed by atoms with Crippen LogP contribution in [0.1, 0.15) is 18.1 Å². The van der Waals surface area contributed by atoms with Crippen molar-refractivity contribution >= 4 is 5.82 Å². The van der Waals surface area contributed by atoms with Crippen LogP contribution in [0, 0.1) is 6.92 Å². The highest BCUT2D eigenvalue weighted by Gasteiger charge is 2.13. The smallest absolute Gasteiger partial charge is 0.193 e. The first-order valence-corrected chi connectivity index (χ1v) is 3.56. The Morgan fingerprint density at radius 2 is 2.50 bits per heavy atom. The summed E-state index contributed by atoms with van der Waals surface area (Å²) in [5.74, 6) is 2.73. The maximum atomic E-state index is 5.33. The largest absolute Gasteiger partial charge is 0.444 e. The van der Waals surface area contributed by atoms with Gasteiger partial charge in [-0.05, 0) is 6.42 Å². The molecule has 0 spiro atoms. The third kappa shape index (κ3) is 0.781. The summed E-state index contributed by atoms with van der Waals surface area (Å²) in [5, 5.41) is 3.18. The number of fused-ring (bicyclic) bond motifs is 1. The molecule has 1 N–H and O–H groups in total. The van der Waals surface area contributed by atoms with Crippen LogP contribution >= 0.6 is 0 Å². The average molecular weight is 138 g/mol. The van der Waals surface area contributed by atoms with Crippen molar-refractivity contribution in [3.63, 3.8) is 0 Å². The van der Waals surface area contributed by atoms with E-state index in [2.05, 4.69) is 10.3 Å². The molecular formula is C7H10N2O. The number of aryl methyl sites for hydroxylation is 2. The normalized spacial score (nSPS) is 16.1. The molecule has 1 aliphatic rings. The summed E-state index contributed by atoms with van der Waals surface area (Å²) in [6.07, 6.45) is 2.19. The van der Waals surface area contributed by atoms with E-state index in [1.54, 1.807) is 0 Å². The second-order valence-corrected chi connectivity index (χ2v) is 2.53. The second-order valence-electron chi connectivity index (χ2n) is 2.53. The van der Waals surface area contributed by atoms with Crippen molar-refractivity contribution in [2.45, 2.75) is 19.8 Å². The fraction of sp³-hybridized carbons (Fsp3) is 0.571. The van der Waals surface area contributed by atoms with Gasteiger partial charge in [-0.15, -0.1) is 0 Å². The van der Waals surface area contributed by atoms with Crippen LogP contribution < -0.4 is 5.32 Å². The molecule has 0 aliphatic carbocycles. The van der Waals surface area contributed by atoms with E-state index in [1.807, 2.05) is 6.92 Å². The SMILES string of the molecule is Cc1nc2c(o1)CCCN2. The number of hydrogen-bond donors (Lipinski definition) is 1. The summed E-state index contributed by atoms with van der Waals surface area (Å²) in [6.45, 7) is 2.90. The maximum Gasteiger partial charge on any atom is 0.193 e. The number of nitrogens with zero attached hydrogens (tertiary/aromatic N) is 1. The van der Waals surface area contributed by atoms with Gasteiger partial charge in [-0.3, -0.25) is 0 Å². The van der Waals surface area contributed by atoms with Gasteiger partial charge in [0.15, 0.2) is 11.7 Å². The Hall–Kier alpha value is -0.990. The van der Waals surface area contributed by atoms with Crippen molar-refractivity contribution in [1.82, 2.24) is 4.98 Å². The molecule has 0 saturated heterocycles. The topological polar surface area (TPSA) is 38.1 Å². The van der Waals surface area contributed by atoms with E-state index in [0.717, 1.165) is 36.9 Å². The lowest BCUT2D eigenvalue weighted by Gasteiger charge is -2.08. The molecule has 0 unspecified atom stereocenters. The quantitative estimate of drug-likeness (QED) is 0.588. The highest BCUT2D eigenvalue weighted by molar-refractivity contribution is 5.41. The van der Waals surface area contributed by atoms with Crippen LogP contribution in [0.3, 0.4) is 0 Å². The summed E-state index contributed by atoms with van der Waals surface area (Å²) in [5.41, 5.74) is 0. The fourth-order valence-electron chi connectivity index (χ4n) is 1.23. The average Bonchev–Trinajstić information content (AvgIpc) is 2.27. The molecule has 2 heterocycles. The molecule has 1 aromatic heterocycles. The Morgan fingerprint density at radius 1 is 1.60 bits per heavy atom. The standard InChI is InChI=1S/C7H10N2O/c1-5-9-7-6(10-5)3-2-4-8-7/h8H,2-4H2,1H3. The minimum absolute atomic E-state index is 0.763. The minimum Gasteiger partial charge on any atom is -0.444 e. The Bertz CT molecular complexity index is 218. The fourth-order valence-corrected chi connectivity index (χ4v) is 1.23. The van der Waals surface area contributed by atoms with E-state index in [0.29, 0.717) is 0 Å². The van der Waals surface area contributed by atoms with Gasteiger partial charge in [0.25, 0.3) is 0 Å². The highest BCUT2D eigenvalue weighted by Crippen LogP contribution is 2.20. The molecule has 3 heteroatoms. The van der Waals surface area contributed by atoms with Crippen molar-refractivity contribution in [2.75, 3.05) is 11.9 Å². The lowest BCUT2D eigenvalue weighted by molar-refractivity contribution is 0.468. The second kappa shape index (κ2) is 2.01. The van der Waals surface area contributed by atoms with Gasteiger partial charge < -0.3 is 9.73 Å². The number of oxazole rings is 1. The minimum atomic E-state index is 0.763. The Kier molecular flexibility index (Phi) is 1.16. The van der Waals surface area contributed by atoms with Crippen LogP contribution in [0.2, 0.25) is 0 Å². The molecule has 0 saturated carbocycles. The number of hydrogen-bond acceptors (Lipinski definition) is 3. The molecule has 3 nitrogen and oxygen atoms in total. The van der Waals surface area contributed by atoms with Crippen LogP contribution in [0.15, 0.2) is 4.42 Å². The van der Waals surface area contributed by atoms with E-state index < -0.39 is 0 Å². The summed E-state index contributed by atoms with van der Waals surface area (Å²) >= 11 is 0. The van der Waals surface area contributed by atoms with Crippen LogP contribution in [-0.2, 0) is 6.42 Å². The summed E-state index contributed by atoms with van der Waals surface area (Å²) in [7, 11) is 0. The summed E-state index contributed by atoms with van der Waals surface area (Å²) in [6, 6.07) is 0. The van der Waals surface area contributed by atoms with E-state index in [4.69, 9.17) is 4.42 Å². The van der Waals surface area contributed by atoms with Gasteiger partial charge in [0, 0.05) is 19.9 Å². The Balaban J connectivity index is 2.41. The molecule has 0 aromatic carbocycles. The maximum absolute atomic E-state index is 5.33. The third-order valence-electron chi connectivity index (χ3n) is 1.68. The number of nitrogens with one attached hydrogen (secondary N) is 1. The van der Waals surface area contributed by atoms with E-state index in [9.17, 15) is 0 Å². The molecule has 1 aromatic rings. The number of aromatic nitrogens is 1. The first kappa shape index (κ1) is 5.77. The van der Waals surface area contributed by atoms with Crippen LogP contribution in [0.25, 0.3) is 0 Å². The van der Waals surface area contributed by atoms with Gasteiger partial charge in [-0.2, -0.15) is 4.98 Å². The van der Waals surface area contributed by atoms with Gasteiger partial charge in [0.2, 0.25) is 0 Å². The van der Waals surface area contributed by atoms with Crippen LogP contribution in [0.5, 0.6) is 0 Å². The van der Waals surface area contributed by atoms with E-state index >= 15 is 0 Å². The monoisotopic (exact) mass is 138 g/mol. The van der Waals surface area contributed by atoms with Gasteiger partial charge in [-0.1, -0.05) is 0 Å². The molecule has 54 valence electrons. The third-order valence-corrected chi connectivity index (χ3v) is 1.68. The van der Waals surface area contributed by atoms with Gasteiger partial charge >= 0.3 is 0 Å². The summed E-state index contributed by atoms with van der Waals surface area (Å²) in [4.78, 5) is 4.17. The first-order chi connectivity index (χ1) is 4.86. The van der Waals surface area contributed by atoms with Gasteiger partial charge in [0.05, 0.1) is 0 Å². The molecule has 0 atom stereocenters. The zero-order valence-corrected chi connectivity index (χ0v) is 5.98. The predicted molar refractivity (Wildman–Crippen MR) is 38.1 cm³/mol. The highest BCUT2D eigenvalue weighted by atomic mass is 16.4. The molecule has 0 amide bonds. The van der Waals surface area contributed by atoms with Crippen molar-refractivity contribution in [3.8, 4) is 0 Å². The Morgan fingerprint density at radius 3 is 3.30 bits per heavy atom. The lowest BCUT2D eigenvalue weighted by atomic mass is 10.2. The van der Waals surface area contributed by atoms with Crippen molar-refractivity contribution in [1.29, 1.82) is 0 Å². The van der Waals surface area contributed by atoms with Crippen molar-refractivity contribution in [3.05, 3.63) is 11.7 Å². The zero-order chi connectivity index (χ0) is 6.97. The molecule has 0 fully saturated rings. The molecule has 0 bridgehead atoms. The summed E-state index contributed by atoms with van der Waals surface area (Å²) < 4.78 is 5.33. The molecule has 1 aliphatic heterocycles. The van der Waals surface area contributed by atoms with Crippen LogP contribution in [0.4, 0.5) is 5.82 Å². The molecule has 2 rings (SSSR count). The lowest BCUT2D eigenvalue weighted by Crippen LogP contribution is -2.10. The molecule has 10 heavy (non-hydrogen) atoms.